The molecule has 1 heterocycles. The second-order valence-electron chi connectivity index (χ2n) is 9.51. The maximum absolute atomic E-state index is 12.5. The molecular formula is C30H31N5O2S. The molecule has 8 heteroatoms. The number of amides is 1. The summed E-state index contributed by atoms with van der Waals surface area (Å²) < 4.78 is 7.30. The number of carbonyl (C=O) groups is 1. The Bertz CT molecular complexity index is 1420. The second-order valence-corrected chi connectivity index (χ2v) is 10.4. The average molecular weight is 526 g/mol. The Morgan fingerprint density at radius 2 is 1.71 bits per heavy atom. The van der Waals surface area contributed by atoms with Crippen molar-refractivity contribution in [3.05, 3.63) is 96.1 Å². The molecule has 0 aliphatic carbocycles. The molecule has 0 unspecified atom stereocenters. The van der Waals surface area contributed by atoms with E-state index in [1.165, 1.54) is 23.5 Å². The highest BCUT2D eigenvalue weighted by molar-refractivity contribution is 7.99. The third kappa shape index (κ3) is 6.77. The fourth-order valence-corrected chi connectivity index (χ4v) is 4.49. The van der Waals surface area contributed by atoms with E-state index in [0.717, 1.165) is 28.4 Å². The van der Waals surface area contributed by atoms with Crippen molar-refractivity contribution in [2.24, 2.45) is 5.10 Å². The van der Waals surface area contributed by atoms with E-state index in [1.807, 2.05) is 65.2 Å². The minimum absolute atomic E-state index is 0.0622. The van der Waals surface area contributed by atoms with Crippen LogP contribution >= 0.6 is 11.8 Å². The first-order valence-electron chi connectivity index (χ1n) is 12.2. The van der Waals surface area contributed by atoms with Crippen LogP contribution in [0.2, 0.25) is 0 Å². The number of rotatable bonds is 9. The number of ether oxygens (including phenoxy) is 1. The predicted octanol–water partition coefficient (Wildman–Crippen LogP) is 6.15. The van der Waals surface area contributed by atoms with Crippen LogP contribution in [0.25, 0.3) is 23.2 Å². The molecule has 0 atom stereocenters. The van der Waals surface area contributed by atoms with Crippen molar-refractivity contribution in [2.75, 3.05) is 12.9 Å². The topological polar surface area (TPSA) is 81.4 Å². The molecule has 1 amide bonds. The Hall–Kier alpha value is -4.17. The van der Waals surface area contributed by atoms with Crippen LogP contribution in [0.15, 0.2) is 95.2 Å². The van der Waals surface area contributed by atoms with Gasteiger partial charge in [-0.15, -0.1) is 10.2 Å². The largest absolute Gasteiger partial charge is 0.496 e. The summed E-state index contributed by atoms with van der Waals surface area (Å²) in [4.78, 5) is 12.5. The van der Waals surface area contributed by atoms with Crippen molar-refractivity contribution in [2.45, 2.75) is 31.3 Å². The Balaban J connectivity index is 1.45. The van der Waals surface area contributed by atoms with Crippen LogP contribution in [0.5, 0.6) is 5.75 Å². The number of nitrogens with one attached hydrogen (secondary N) is 1. The van der Waals surface area contributed by atoms with Crippen molar-refractivity contribution in [3.8, 4) is 22.8 Å². The van der Waals surface area contributed by atoms with Crippen molar-refractivity contribution in [3.63, 3.8) is 0 Å². The van der Waals surface area contributed by atoms with E-state index >= 15 is 0 Å². The molecular weight excluding hydrogens is 494 g/mol. The van der Waals surface area contributed by atoms with Gasteiger partial charge in [0.2, 0.25) is 0 Å². The first kappa shape index (κ1) is 26.9. The lowest BCUT2D eigenvalue weighted by Crippen LogP contribution is -2.19. The summed E-state index contributed by atoms with van der Waals surface area (Å²) in [6, 6.07) is 25.9. The van der Waals surface area contributed by atoms with Crippen LogP contribution in [-0.4, -0.2) is 39.7 Å². The lowest BCUT2D eigenvalue weighted by Gasteiger charge is -2.19. The summed E-state index contributed by atoms with van der Waals surface area (Å²) in [5, 5.41) is 13.5. The quantitative estimate of drug-likeness (QED) is 0.161. The normalized spacial score (nSPS) is 11.8. The lowest BCUT2D eigenvalue weighted by atomic mass is 9.87. The van der Waals surface area contributed by atoms with Crippen LogP contribution in [0.3, 0.4) is 0 Å². The highest BCUT2D eigenvalue weighted by atomic mass is 32.2. The molecule has 0 fully saturated rings. The summed E-state index contributed by atoms with van der Waals surface area (Å²) in [6.07, 6.45) is 5.14. The second kappa shape index (κ2) is 12.4. The molecule has 4 rings (SSSR count). The van der Waals surface area contributed by atoms with Crippen molar-refractivity contribution in [1.29, 1.82) is 0 Å². The molecule has 1 N–H and O–H groups in total. The SMILES string of the molecule is COc1ccccc1/C=C/C=N/NC(=O)CSc1nnc(-c2ccc(C(C)(C)C)cc2)n1-c1ccccc1. The first-order chi connectivity index (χ1) is 18.4. The van der Waals surface area contributed by atoms with Gasteiger partial charge < -0.3 is 4.74 Å². The predicted molar refractivity (Wildman–Crippen MR) is 155 cm³/mol. The Morgan fingerprint density at radius 3 is 2.42 bits per heavy atom. The van der Waals surface area contributed by atoms with Gasteiger partial charge in [-0.3, -0.25) is 9.36 Å². The van der Waals surface area contributed by atoms with E-state index in [9.17, 15) is 4.79 Å². The molecule has 0 aliphatic rings. The molecule has 0 bridgehead atoms. The van der Waals surface area contributed by atoms with Crippen molar-refractivity contribution < 1.29 is 9.53 Å². The molecule has 38 heavy (non-hydrogen) atoms. The van der Waals surface area contributed by atoms with E-state index in [1.54, 1.807) is 13.2 Å². The number of allylic oxidation sites excluding steroid dienone is 1. The molecule has 194 valence electrons. The van der Waals surface area contributed by atoms with Crippen molar-refractivity contribution >= 4 is 30.0 Å². The number of carbonyl (C=O) groups excluding carboxylic acids is 1. The van der Waals surface area contributed by atoms with Gasteiger partial charge in [0.1, 0.15) is 5.75 Å². The van der Waals surface area contributed by atoms with E-state index in [0.29, 0.717) is 5.16 Å². The Labute approximate surface area is 227 Å². The number of benzene rings is 3. The molecule has 0 aliphatic heterocycles. The van der Waals surface area contributed by atoms with Gasteiger partial charge in [0.15, 0.2) is 11.0 Å². The number of hydrogen-bond donors (Lipinski definition) is 1. The fraction of sp³-hybridized carbons (Fsp3) is 0.200. The van der Waals surface area contributed by atoms with Gasteiger partial charge >= 0.3 is 0 Å². The van der Waals surface area contributed by atoms with Crippen LogP contribution in [0, 0.1) is 0 Å². The summed E-state index contributed by atoms with van der Waals surface area (Å²) in [6.45, 7) is 6.57. The third-order valence-electron chi connectivity index (χ3n) is 5.75. The van der Waals surface area contributed by atoms with Gasteiger partial charge in [-0.25, -0.2) is 5.43 Å². The lowest BCUT2D eigenvalue weighted by molar-refractivity contribution is -0.118. The van der Waals surface area contributed by atoms with Crippen LogP contribution < -0.4 is 10.2 Å². The zero-order valence-corrected chi connectivity index (χ0v) is 22.8. The Kier molecular flexibility index (Phi) is 8.76. The van der Waals surface area contributed by atoms with Gasteiger partial charge in [0.25, 0.3) is 5.91 Å². The molecule has 0 radical (unpaired) electrons. The van der Waals surface area contributed by atoms with E-state index in [-0.39, 0.29) is 17.1 Å². The van der Waals surface area contributed by atoms with Gasteiger partial charge in [0.05, 0.1) is 12.9 Å². The van der Waals surface area contributed by atoms with E-state index < -0.39 is 0 Å². The van der Waals surface area contributed by atoms with Crippen LogP contribution in [0.1, 0.15) is 31.9 Å². The number of para-hydroxylation sites is 2. The highest BCUT2D eigenvalue weighted by Gasteiger charge is 2.19. The minimum Gasteiger partial charge on any atom is -0.496 e. The monoisotopic (exact) mass is 525 g/mol. The van der Waals surface area contributed by atoms with Gasteiger partial charge in [-0.05, 0) is 41.3 Å². The zero-order chi connectivity index (χ0) is 27.0. The Morgan fingerprint density at radius 1 is 1.00 bits per heavy atom. The van der Waals surface area contributed by atoms with Gasteiger partial charge in [-0.2, -0.15) is 5.10 Å². The molecule has 4 aromatic rings. The maximum atomic E-state index is 12.5. The maximum Gasteiger partial charge on any atom is 0.250 e. The zero-order valence-electron chi connectivity index (χ0n) is 22.0. The number of hydrogen-bond acceptors (Lipinski definition) is 6. The average Bonchev–Trinajstić information content (AvgIpc) is 3.36. The summed E-state index contributed by atoms with van der Waals surface area (Å²) >= 11 is 1.31. The minimum atomic E-state index is -0.240. The molecule has 0 spiro atoms. The number of aromatic nitrogens is 3. The van der Waals surface area contributed by atoms with E-state index in [4.69, 9.17) is 4.74 Å². The van der Waals surface area contributed by atoms with Crippen LogP contribution in [-0.2, 0) is 10.2 Å². The standard InChI is InChI=1S/C30H31N5O2S/c1-30(2,3)24-18-16-23(17-19-24)28-33-34-29(35(28)25-13-6-5-7-14-25)38-21-27(36)32-31-20-10-12-22-11-8-9-15-26(22)37-4/h5-20H,21H2,1-4H3,(H,32,36)/b12-10+,31-20+. The van der Waals surface area contributed by atoms with Crippen LogP contribution in [0.4, 0.5) is 0 Å². The summed E-state index contributed by atoms with van der Waals surface area (Å²) in [5.74, 6) is 1.39. The molecule has 0 saturated carbocycles. The van der Waals surface area contributed by atoms with Gasteiger partial charge in [0, 0.05) is 23.0 Å². The first-order valence-corrected chi connectivity index (χ1v) is 13.2. The third-order valence-corrected chi connectivity index (χ3v) is 6.68. The number of nitrogens with zero attached hydrogens (tertiary/aromatic N) is 4. The molecule has 0 saturated heterocycles. The number of hydrazone groups is 1. The van der Waals surface area contributed by atoms with Crippen molar-refractivity contribution in [1.82, 2.24) is 20.2 Å². The van der Waals surface area contributed by atoms with Gasteiger partial charge in [-0.1, -0.05) is 93.2 Å². The summed E-state index contributed by atoms with van der Waals surface area (Å²) in [5.41, 5.74) is 6.67. The number of thioether (sulfide) groups is 1. The number of methoxy groups -OCH3 is 1. The summed E-state index contributed by atoms with van der Waals surface area (Å²) in [7, 11) is 1.63. The molecule has 7 nitrogen and oxygen atoms in total. The molecule has 3 aromatic carbocycles. The molecule has 1 aromatic heterocycles. The highest BCUT2D eigenvalue weighted by Crippen LogP contribution is 2.30. The fourth-order valence-electron chi connectivity index (χ4n) is 3.74. The smallest absolute Gasteiger partial charge is 0.250 e. The van der Waals surface area contributed by atoms with E-state index in [2.05, 4.69) is 65.8 Å².